The molecule has 2 aromatic carbocycles. The summed E-state index contributed by atoms with van der Waals surface area (Å²) in [5, 5.41) is 3.74. The Morgan fingerprint density at radius 3 is 2.36 bits per heavy atom. The van der Waals surface area contributed by atoms with Gasteiger partial charge in [0.15, 0.2) is 5.78 Å². The highest BCUT2D eigenvalue weighted by atomic mass is 79.9. The van der Waals surface area contributed by atoms with E-state index in [1.54, 1.807) is 35.6 Å². The fraction of sp³-hybridized carbons (Fsp3) is 0.0714. The largest absolute Gasteiger partial charge is 0.289 e. The van der Waals surface area contributed by atoms with Crippen molar-refractivity contribution in [2.75, 3.05) is 0 Å². The summed E-state index contributed by atoms with van der Waals surface area (Å²) in [5.74, 6) is 0.0151. The van der Waals surface area contributed by atoms with Gasteiger partial charge in [-0.15, -0.1) is 11.3 Å². The van der Waals surface area contributed by atoms with E-state index in [-0.39, 0.29) is 5.78 Å². The summed E-state index contributed by atoms with van der Waals surface area (Å²) in [6, 6.07) is 25.4. The SMILES string of the molecule is Cc1c(Cc2nc(-c3ccc(Br)cc3)cs2)c2cccccc-2c1C(=O)c1ccc(Cl)cc1. The average Bonchev–Trinajstić information content (AvgIpc) is 3.28. The van der Waals surface area contributed by atoms with Crippen LogP contribution < -0.4 is 0 Å². The minimum Gasteiger partial charge on any atom is -0.289 e. The monoisotopic (exact) mass is 531 g/mol. The molecule has 0 saturated heterocycles. The van der Waals surface area contributed by atoms with Gasteiger partial charge >= 0.3 is 0 Å². The third-order valence-corrected chi connectivity index (χ3v) is 7.44. The maximum atomic E-state index is 13.5. The van der Waals surface area contributed by atoms with Gasteiger partial charge in [-0.25, -0.2) is 4.98 Å². The molecule has 1 aromatic heterocycles. The van der Waals surface area contributed by atoms with Gasteiger partial charge in [-0.1, -0.05) is 70.0 Å². The van der Waals surface area contributed by atoms with Crippen molar-refractivity contribution in [2.45, 2.75) is 13.3 Å². The van der Waals surface area contributed by atoms with E-state index < -0.39 is 0 Å². The first kappa shape index (κ1) is 22.0. The predicted molar refractivity (Wildman–Crippen MR) is 141 cm³/mol. The molecule has 3 aromatic rings. The number of hydrogen-bond acceptors (Lipinski definition) is 3. The van der Waals surface area contributed by atoms with Crippen LogP contribution in [0.15, 0.2) is 88.7 Å². The molecule has 0 fully saturated rings. The van der Waals surface area contributed by atoms with Crippen molar-refractivity contribution in [3.05, 3.63) is 121 Å². The number of carbonyl (C=O) groups is 1. The molecule has 0 saturated carbocycles. The molecule has 0 aliphatic heterocycles. The number of halogens is 2. The number of carbonyl (C=O) groups excluding carboxylic acids is 1. The van der Waals surface area contributed by atoms with Crippen LogP contribution in [-0.2, 0) is 6.42 Å². The summed E-state index contributed by atoms with van der Waals surface area (Å²) >= 11 is 11.2. The second-order valence-corrected chi connectivity index (χ2v) is 10.2. The number of rotatable bonds is 5. The van der Waals surface area contributed by atoms with E-state index in [1.165, 1.54) is 0 Å². The molecule has 2 nitrogen and oxygen atoms in total. The second kappa shape index (κ2) is 9.22. The average molecular weight is 533 g/mol. The molecule has 2 aliphatic carbocycles. The Bertz CT molecular complexity index is 1420. The van der Waals surface area contributed by atoms with Gasteiger partial charge in [0, 0.05) is 38.0 Å². The van der Waals surface area contributed by atoms with Crippen LogP contribution in [0, 0.1) is 6.92 Å². The van der Waals surface area contributed by atoms with Gasteiger partial charge in [-0.2, -0.15) is 0 Å². The lowest BCUT2D eigenvalue weighted by Gasteiger charge is -2.04. The summed E-state index contributed by atoms with van der Waals surface area (Å²) in [7, 11) is 0. The molecule has 0 spiro atoms. The van der Waals surface area contributed by atoms with Crippen LogP contribution >= 0.6 is 38.9 Å². The molecule has 2 aliphatic rings. The fourth-order valence-electron chi connectivity index (χ4n) is 4.15. The zero-order chi connectivity index (χ0) is 22.9. The standard InChI is InChI=1S/C28H19BrClNOS/c1-17-24(15-26-31-25(16-33-26)18-7-11-20(29)12-8-18)22-5-3-2-4-6-23(22)27(17)28(32)19-9-13-21(30)14-10-19/h2-14,16H,15H2,1H3. The van der Waals surface area contributed by atoms with E-state index in [0.717, 1.165) is 48.6 Å². The molecule has 1 heterocycles. The third-order valence-electron chi connectivity index (χ3n) is 5.81. The maximum absolute atomic E-state index is 13.5. The van der Waals surface area contributed by atoms with Crippen molar-refractivity contribution in [3.63, 3.8) is 0 Å². The number of benzene rings is 2. The van der Waals surface area contributed by atoms with Gasteiger partial charge in [-0.05, 0) is 65.6 Å². The molecular weight excluding hydrogens is 514 g/mol. The maximum Gasteiger partial charge on any atom is 0.193 e. The predicted octanol–water partition coefficient (Wildman–Crippen LogP) is 8.46. The lowest BCUT2D eigenvalue weighted by Crippen LogP contribution is -2.03. The van der Waals surface area contributed by atoms with Crippen molar-refractivity contribution in [1.29, 1.82) is 0 Å². The molecule has 0 radical (unpaired) electrons. The lowest BCUT2D eigenvalue weighted by molar-refractivity contribution is 0.103. The lowest BCUT2D eigenvalue weighted by atomic mass is 9.99. The zero-order valence-corrected chi connectivity index (χ0v) is 21.0. The summed E-state index contributed by atoms with van der Waals surface area (Å²) in [5.41, 5.74) is 7.68. The number of aromatic nitrogens is 1. The minimum atomic E-state index is 0.0151. The summed E-state index contributed by atoms with van der Waals surface area (Å²) < 4.78 is 1.05. The first-order valence-corrected chi connectivity index (χ1v) is 12.6. The highest BCUT2D eigenvalue weighted by Crippen LogP contribution is 2.39. The highest BCUT2D eigenvalue weighted by Gasteiger charge is 2.25. The van der Waals surface area contributed by atoms with Gasteiger partial charge in [0.25, 0.3) is 0 Å². The number of hydrogen-bond donors (Lipinski definition) is 0. The van der Waals surface area contributed by atoms with Crippen LogP contribution in [0.4, 0.5) is 0 Å². The van der Waals surface area contributed by atoms with Crippen molar-refractivity contribution >= 4 is 44.7 Å². The van der Waals surface area contributed by atoms with Crippen molar-refractivity contribution in [1.82, 2.24) is 4.98 Å². The third kappa shape index (κ3) is 4.39. The Kier molecular flexibility index (Phi) is 6.15. The van der Waals surface area contributed by atoms with Crippen LogP contribution in [0.25, 0.3) is 22.4 Å². The topological polar surface area (TPSA) is 30.0 Å². The summed E-state index contributed by atoms with van der Waals surface area (Å²) in [6.45, 7) is 2.04. The quantitative estimate of drug-likeness (QED) is 0.213. The Balaban J connectivity index is 1.55. The van der Waals surface area contributed by atoms with Crippen LogP contribution in [-0.4, -0.2) is 10.8 Å². The molecule has 5 rings (SSSR count). The van der Waals surface area contributed by atoms with Gasteiger partial charge in [0.05, 0.1) is 10.7 Å². The van der Waals surface area contributed by atoms with Crippen molar-refractivity contribution in [3.8, 4) is 22.4 Å². The molecule has 0 bridgehead atoms. The molecule has 0 amide bonds. The molecule has 5 heteroatoms. The fourth-order valence-corrected chi connectivity index (χ4v) is 5.35. The van der Waals surface area contributed by atoms with E-state index in [4.69, 9.17) is 16.6 Å². The van der Waals surface area contributed by atoms with E-state index in [9.17, 15) is 4.79 Å². The molecule has 0 N–H and O–H groups in total. The Morgan fingerprint density at radius 2 is 1.64 bits per heavy atom. The highest BCUT2D eigenvalue weighted by molar-refractivity contribution is 9.10. The van der Waals surface area contributed by atoms with Crippen LogP contribution in [0.3, 0.4) is 0 Å². The van der Waals surface area contributed by atoms with Crippen molar-refractivity contribution < 1.29 is 4.79 Å². The molecule has 162 valence electrons. The van der Waals surface area contributed by atoms with Gasteiger partial charge < -0.3 is 0 Å². The van der Waals surface area contributed by atoms with Gasteiger partial charge in [0.1, 0.15) is 0 Å². The summed E-state index contributed by atoms with van der Waals surface area (Å²) in [4.78, 5) is 18.4. The number of nitrogens with zero attached hydrogens (tertiary/aromatic N) is 1. The van der Waals surface area contributed by atoms with Crippen LogP contribution in [0.5, 0.6) is 0 Å². The first-order valence-electron chi connectivity index (χ1n) is 10.5. The second-order valence-electron chi connectivity index (χ2n) is 7.86. The Labute approximate surface area is 210 Å². The van der Waals surface area contributed by atoms with E-state index in [2.05, 4.69) is 39.5 Å². The van der Waals surface area contributed by atoms with E-state index in [0.29, 0.717) is 17.0 Å². The molecule has 0 unspecified atom stereocenters. The Hall–Kier alpha value is -2.79. The van der Waals surface area contributed by atoms with Crippen LogP contribution in [0.1, 0.15) is 32.1 Å². The Morgan fingerprint density at radius 1 is 0.939 bits per heavy atom. The smallest absolute Gasteiger partial charge is 0.193 e. The summed E-state index contributed by atoms with van der Waals surface area (Å²) in [6.07, 6.45) is 0.682. The van der Waals surface area contributed by atoms with E-state index in [1.807, 2.05) is 43.3 Å². The van der Waals surface area contributed by atoms with Crippen molar-refractivity contribution in [2.24, 2.45) is 0 Å². The van der Waals surface area contributed by atoms with E-state index >= 15 is 0 Å². The molecule has 33 heavy (non-hydrogen) atoms. The molecular formula is C28H19BrClNOS. The van der Waals surface area contributed by atoms with Crippen LogP contribution in [0.2, 0.25) is 5.02 Å². The number of thiazole rings is 1. The molecule has 0 atom stereocenters. The number of ketones is 1. The van der Waals surface area contributed by atoms with Gasteiger partial charge in [-0.3, -0.25) is 4.79 Å². The zero-order valence-electron chi connectivity index (χ0n) is 17.8. The van der Waals surface area contributed by atoms with Gasteiger partial charge in [0.2, 0.25) is 0 Å². The first-order chi connectivity index (χ1) is 16.0. The number of fused-ring (bicyclic) bond motifs is 1. The normalized spacial score (nSPS) is 11.1. The minimum absolute atomic E-state index is 0.0151.